The lowest BCUT2D eigenvalue weighted by atomic mass is 9.66. The van der Waals surface area contributed by atoms with E-state index in [1.54, 1.807) is 0 Å². The number of nitrogens with zero attached hydrogens (tertiary/aromatic N) is 1. The van der Waals surface area contributed by atoms with E-state index in [-0.39, 0.29) is 0 Å². The lowest BCUT2D eigenvalue weighted by Gasteiger charge is -2.41. The summed E-state index contributed by atoms with van der Waals surface area (Å²) < 4.78 is 0. The Labute approximate surface area is 111 Å². The molecule has 0 radical (unpaired) electrons. The molecule has 0 spiro atoms. The first-order valence-electron chi connectivity index (χ1n) is 7.05. The van der Waals surface area contributed by atoms with Gasteiger partial charge in [-0.05, 0) is 54.7 Å². The second-order valence-electron chi connectivity index (χ2n) is 6.88. The number of aromatic nitrogens is 1. The van der Waals surface area contributed by atoms with Gasteiger partial charge in [-0.15, -0.1) is 0 Å². The van der Waals surface area contributed by atoms with E-state index in [9.17, 15) is 0 Å². The summed E-state index contributed by atoms with van der Waals surface area (Å²) in [6, 6.07) is 2.40. The third-order valence-electron chi connectivity index (χ3n) is 4.61. The van der Waals surface area contributed by atoms with Crippen LogP contribution < -0.4 is 5.73 Å². The van der Waals surface area contributed by atoms with E-state index < -0.39 is 0 Å². The van der Waals surface area contributed by atoms with Gasteiger partial charge >= 0.3 is 0 Å². The van der Waals surface area contributed by atoms with Crippen molar-refractivity contribution in [2.75, 3.05) is 0 Å². The van der Waals surface area contributed by atoms with Crippen LogP contribution in [0.4, 0.5) is 0 Å². The van der Waals surface area contributed by atoms with Crippen LogP contribution in [0.5, 0.6) is 0 Å². The maximum absolute atomic E-state index is 6.36. The van der Waals surface area contributed by atoms with Crippen LogP contribution in [0.1, 0.15) is 57.1 Å². The van der Waals surface area contributed by atoms with Crippen molar-refractivity contribution in [2.24, 2.45) is 17.1 Å². The summed E-state index contributed by atoms with van der Waals surface area (Å²) in [6.07, 6.45) is 7.50. The maximum atomic E-state index is 6.36. The summed E-state index contributed by atoms with van der Waals surface area (Å²) in [5.41, 5.74) is 9.43. The van der Waals surface area contributed by atoms with Gasteiger partial charge in [0.05, 0.1) is 0 Å². The molecule has 1 aliphatic carbocycles. The first kappa shape index (κ1) is 13.5. The standard InChI is InChI=1S/C16H26N2/c1-11-7-8-18-10-14(11)13-9-12(16(2,3)4)5-6-15(13)17/h7-8,10,12-13,15H,5-6,9,17H2,1-4H3. The van der Waals surface area contributed by atoms with Gasteiger partial charge in [0, 0.05) is 24.4 Å². The van der Waals surface area contributed by atoms with E-state index in [0.29, 0.717) is 17.4 Å². The Kier molecular flexibility index (Phi) is 3.76. The molecule has 0 aliphatic heterocycles. The third-order valence-corrected chi connectivity index (χ3v) is 4.61. The molecule has 2 rings (SSSR count). The number of hydrogen-bond acceptors (Lipinski definition) is 2. The molecule has 1 heterocycles. The smallest absolute Gasteiger partial charge is 0.0305 e. The van der Waals surface area contributed by atoms with Gasteiger partial charge in [-0.25, -0.2) is 0 Å². The number of aryl methyl sites for hydroxylation is 1. The summed E-state index contributed by atoms with van der Waals surface area (Å²) in [4.78, 5) is 4.29. The van der Waals surface area contributed by atoms with Gasteiger partial charge in [-0.3, -0.25) is 4.98 Å². The maximum Gasteiger partial charge on any atom is 0.0305 e. The molecule has 3 unspecified atom stereocenters. The van der Waals surface area contributed by atoms with Gasteiger partial charge in [-0.2, -0.15) is 0 Å². The van der Waals surface area contributed by atoms with Crippen LogP contribution in [-0.2, 0) is 0 Å². The fourth-order valence-corrected chi connectivity index (χ4v) is 3.20. The summed E-state index contributed by atoms with van der Waals surface area (Å²) in [5, 5.41) is 0. The Bertz CT molecular complexity index is 406. The van der Waals surface area contributed by atoms with Crippen LogP contribution >= 0.6 is 0 Å². The fraction of sp³-hybridized carbons (Fsp3) is 0.688. The molecule has 0 bridgehead atoms. The molecule has 0 saturated heterocycles. The third kappa shape index (κ3) is 2.74. The second kappa shape index (κ2) is 5.00. The minimum absolute atomic E-state index is 0.298. The monoisotopic (exact) mass is 246 g/mol. The van der Waals surface area contributed by atoms with Gasteiger partial charge in [0.25, 0.3) is 0 Å². The highest BCUT2D eigenvalue weighted by molar-refractivity contribution is 5.27. The Morgan fingerprint density at radius 3 is 2.61 bits per heavy atom. The topological polar surface area (TPSA) is 38.9 Å². The van der Waals surface area contributed by atoms with Crippen molar-refractivity contribution in [1.29, 1.82) is 0 Å². The minimum atomic E-state index is 0.298. The van der Waals surface area contributed by atoms with Gasteiger partial charge < -0.3 is 5.73 Å². The van der Waals surface area contributed by atoms with Crippen LogP contribution in [0.15, 0.2) is 18.5 Å². The van der Waals surface area contributed by atoms with Crippen LogP contribution in [0.2, 0.25) is 0 Å². The zero-order valence-electron chi connectivity index (χ0n) is 12.1. The average molecular weight is 246 g/mol. The zero-order chi connectivity index (χ0) is 13.3. The highest BCUT2D eigenvalue weighted by Gasteiger charge is 2.35. The van der Waals surface area contributed by atoms with E-state index in [1.165, 1.54) is 24.0 Å². The summed E-state index contributed by atoms with van der Waals surface area (Å²) >= 11 is 0. The molecule has 0 amide bonds. The zero-order valence-corrected chi connectivity index (χ0v) is 12.1. The van der Waals surface area contributed by atoms with Crippen LogP contribution in [0.3, 0.4) is 0 Å². The second-order valence-corrected chi connectivity index (χ2v) is 6.88. The van der Waals surface area contributed by atoms with Gasteiger partial charge in [0.2, 0.25) is 0 Å². The normalized spacial score (nSPS) is 29.3. The van der Waals surface area contributed by atoms with Gasteiger partial charge in [0.15, 0.2) is 0 Å². The highest BCUT2D eigenvalue weighted by atomic mass is 14.7. The number of pyridine rings is 1. The summed E-state index contributed by atoms with van der Waals surface area (Å²) in [5.74, 6) is 1.25. The molecular weight excluding hydrogens is 220 g/mol. The molecule has 1 saturated carbocycles. The van der Waals surface area contributed by atoms with Crippen molar-refractivity contribution >= 4 is 0 Å². The first-order valence-corrected chi connectivity index (χ1v) is 7.05. The molecule has 2 heteroatoms. The highest BCUT2D eigenvalue weighted by Crippen LogP contribution is 2.43. The first-order chi connectivity index (χ1) is 8.39. The Balaban J connectivity index is 2.23. The molecular formula is C16H26N2. The number of nitrogens with two attached hydrogens (primary N) is 1. The quantitative estimate of drug-likeness (QED) is 0.821. The molecule has 1 aromatic rings. The van der Waals surface area contributed by atoms with Crippen molar-refractivity contribution in [1.82, 2.24) is 4.98 Å². The van der Waals surface area contributed by atoms with E-state index in [4.69, 9.17) is 5.73 Å². The van der Waals surface area contributed by atoms with Crippen LogP contribution in [-0.4, -0.2) is 11.0 Å². The summed E-state index contributed by atoms with van der Waals surface area (Å²) in [6.45, 7) is 9.22. The molecule has 100 valence electrons. The van der Waals surface area contributed by atoms with E-state index in [0.717, 1.165) is 12.3 Å². The van der Waals surface area contributed by atoms with Crippen molar-refractivity contribution < 1.29 is 0 Å². The Hall–Kier alpha value is -0.890. The molecule has 2 nitrogen and oxygen atoms in total. The molecule has 1 aromatic heterocycles. The van der Waals surface area contributed by atoms with Crippen molar-refractivity contribution in [3.8, 4) is 0 Å². The predicted molar refractivity (Wildman–Crippen MR) is 76.5 cm³/mol. The van der Waals surface area contributed by atoms with Crippen molar-refractivity contribution in [3.05, 3.63) is 29.6 Å². The molecule has 3 atom stereocenters. The molecule has 0 aromatic carbocycles. The van der Waals surface area contributed by atoms with Crippen LogP contribution in [0.25, 0.3) is 0 Å². The van der Waals surface area contributed by atoms with Gasteiger partial charge in [0.1, 0.15) is 0 Å². The minimum Gasteiger partial charge on any atom is -0.327 e. The fourth-order valence-electron chi connectivity index (χ4n) is 3.20. The van der Waals surface area contributed by atoms with E-state index in [2.05, 4.69) is 38.7 Å². The number of hydrogen-bond donors (Lipinski definition) is 1. The SMILES string of the molecule is Cc1ccncc1C1CC(C(C)(C)C)CCC1N. The predicted octanol–water partition coefficient (Wildman–Crippen LogP) is 3.65. The van der Waals surface area contributed by atoms with Crippen molar-refractivity contribution in [3.63, 3.8) is 0 Å². The van der Waals surface area contributed by atoms with Gasteiger partial charge in [-0.1, -0.05) is 20.8 Å². The van der Waals surface area contributed by atoms with E-state index >= 15 is 0 Å². The van der Waals surface area contributed by atoms with Crippen LogP contribution in [0, 0.1) is 18.3 Å². The molecule has 1 fully saturated rings. The Morgan fingerprint density at radius 2 is 2.00 bits per heavy atom. The van der Waals surface area contributed by atoms with Crippen molar-refractivity contribution in [2.45, 2.75) is 58.9 Å². The average Bonchev–Trinajstić information content (AvgIpc) is 2.29. The largest absolute Gasteiger partial charge is 0.327 e. The molecule has 1 aliphatic rings. The molecule has 18 heavy (non-hydrogen) atoms. The molecule has 2 N–H and O–H groups in total. The lowest BCUT2D eigenvalue weighted by Crippen LogP contribution is -2.38. The Morgan fingerprint density at radius 1 is 1.28 bits per heavy atom. The lowest BCUT2D eigenvalue weighted by molar-refractivity contribution is 0.153. The number of rotatable bonds is 1. The summed E-state index contributed by atoms with van der Waals surface area (Å²) in [7, 11) is 0. The van der Waals surface area contributed by atoms with E-state index in [1.807, 2.05) is 12.4 Å².